The van der Waals surface area contributed by atoms with E-state index in [1.807, 2.05) is 38.6 Å². The molecule has 5 nitrogen and oxygen atoms in total. The van der Waals surface area contributed by atoms with E-state index in [-0.39, 0.29) is 5.37 Å². The third-order valence-corrected chi connectivity index (χ3v) is 4.52. The Bertz CT molecular complexity index is 509. The number of hydrogen-bond donors (Lipinski definition) is 1. The minimum Gasteiger partial charge on any atom is -0.444 e. The van der Waals surface area contributed by atoms with Crippen molar-refractivity contribution in [3.63, 3.8) is 0 Å². The first-order valence-electron chi connectivity index (χ1n) is 9.08. The molecular formula is C19H33N3O2S. The first-order valence-corrected chi connectivity index (χ1v) is 10.1. The molecule has 2 atom stereocenters. The van der Waals surface area contributed by atoms with Crippen LogP contribution in [0, 0.1) is 0 Å². The van der Waals surface area contributed by atoms with Gasteiger partial charge in [-0.05, 0) is 45.9 Å². The molecule has 1 aliphatic heterocycles. The predicted molar refractivity (Wildman–Crippen MR) is 108 cm³/mol. The number of amides is 1. The van der Waals surface area contributed by atoms with Crippen molar-refractivity contribution < 1.29 is 9.53 Å². The predicted octanol–water partition coefficient (Wildman–Crippen LogP) is 4.56. The average Bonchev–Trinajstić information content (AvgIpc) is 2.65. The number of allylic oxidation sites excluding steroid dienone is 1. The SMILES string of the molecule is CC/C=C\CC1=NC(NC(=O)OC(C)(C)C)C=CC(SCC)N1CC. The molecule has 0 aromatic rings. The Morgan fingerprint density at radius 1 is 1.32 bits per heavy atom. The molecule has 0 aliphatic carbocycles. The van der Waals surface area contributed by atoms with E-state index in [9.17, 15) is 4.79 Å². The van der Waals surface area contributed by atoms with Gasteiger partial charge >= 0.3 is 6.09 Å². The van der Waals surface area contributed by atoms with Crippen LogP contribution in [0.4, 0.5) is 4.79 Å². The molecule has 2 unspecified atom stereocenters. The van der Waals surface area contributed by atoms with Crippen LogP contribution in [0.25, 0.3) is 0 Å². The highest BCUT2D eigenvalue weighted by Crippen LogP contribution is 2.22. The van der Waals surface area contributed by atoms with Crippen molar-refractivity contribution in [1.29, 1.82) is 0 Å². The highest BCUT2D eigenvalue weighted by molar-refractivity contribution is 8.00. The van der Waals surface area contributed by atoms with Crippen molar-refractivity contribution in [2.45, 2.75) is 71.5 Å². The summed E-state index contributed by atoms with van der Waals surface area (Å²) in [5.41, 5.74) is -0.523. The van der Waals surface area contributed by atoms with Crippen molar-refractivity contribution in [1.82, 2.24) is 10.2 Å². The van der Waals surface area contributed by atoms with Crippen molar-refractivity contribution in [2.75, 3.05) is 12.3 Å². The van der Waals surface area contributed by atoms with Crippen LogP contribution < -0.4 is 5.32 Å². The van der Waals surface area contributed by atoms with Crippen LogP contribution in [0.3, 0.4) is 0 Å². The molecular weight excluding hydrogens is 334 g/mol. The molecule has 0 saturated heterocycles. The summed E-state index contributed by atoms with van der Waals surface area (Å²) >= 11 is 1.86. The maximum Gasteiger partial charge on any atom is 0.409 e. The van der Waals surface area contributed by atoms with Gasteiger partial charge in [-0.3, -0.25) is 5.32 Å². The number of ether oxygens (including phenoxy) is 1. The number of nitrogens with one attached hydrogen (secondary N) is 1. The lowest BCUT2D eigenvalue weighted by molar-refractivity contribution is 0.0516. The standard InChI is InChI=1S/C19H33N3O2S/c1-7-10-11-12-16-20-15(21-18(23)24-19(4,5)6)13-14-17(25-9-3)22(16)8-2/h10-11,13-15,17H,7-9,12H2,1-6H3,(H,21,23)/b11-10-. The summed E-state index contributed by atoms with van der Waals surface area (Å²) in [6.45, 7) is 12.8. The average molecular weight is 368 g/mol. The molecule has 0 spiro atoms. The summed E-state index contributed by atoms with van der Waals surface area (Å²) in [5, 5.41) is 3.08. The number of carbonyl (C=O) groups is 1. The first-order chi connectivity index (χ1) is 11.8. The quantitative estimate of drug-likeness (QED) is 0.670. The molecule has 0 saturated carbocycles. The highest BCUT2D eigenvalue weighted by Gasteiger charge is 2.24. The molecule has 1 N–H and O–H groups in total. The van der Waals surface area contributed by atoms with Crippen molar-refractivity contribution in [2.24, 2.45) is 4.99 Å². The van der Waals surface area contributed by atoms with Crippen molar-refractivity contribution in [3.8, 4) is 0 Å². The zero-order valence-electron chi connectivity index (χ0n) is 16.4. The third-order valence-electron chi connectivity index (χ3n) is 3.43. The summed E-state index contributed by atoms with van der Waals surface area (Å²) in [6, 6.07) is 0. The largest absolute Gasteiger partial charge is 0.444 e. The van der Waals surface area contributed by atoms with Crippen LogP contribution in [-0.4, -0.2) is 46.3 Å². The van der Waals surface area contributed by atoms with Gasteiger partial charge in [0.05, 0.1) is 5.37 Å². The topological polar surface area (TPSA) is 53.9 Å². The second kappa shape index (κ2) is 10.5. The van der Waals surface area contributed by atoms with E-state index in [2.05, 4.69) is 49.2 Å². The number of likely N-dealkylation sites (N-methyl/N-ethyl adjacent to an activating group) is 1. The molecule has 142 valence electrons. The molecule has 0 radical (unpaired) electrons. The summed E-state index contributed by atoms with van der Waals surface area (Å²) in [4.78, 5) is 19.2. The molecule has 1 aliphatic rings. The number of aliphatic imine (C=N–C) groups is 1. The molecule has 25 heavy (non-hydrogen) atoms. The Labute approximate surface area is 157 Å². The van der Waals surface area contributed by atoms with Crippen molar-refractivity contribution in [3.05, 3.63) is 24.3 Å². The lowest BCUT2D eigenvalue weighted by Crippen LogP contribution is -2.39. The molecule has 6 heteroatoms. The van der Waals surface area contributed by atoms with Crippen LogP contribution in [0.1, 0.15) is 54.4 Å². The number of alkyl carbamates (subject to hydrolysis) is 1. The van der Waals surface area contributed by atoms with Gasteiger partial charge in [0.1, 0.15) is 17.6 Å². The van der Waals surface area contributed by atoms with Crippen LogP contribution >= 0.6 is 11.8 Å². The highest BCUT2D eigenvalue weighted by atomic mass is 32.2. The maximum absolute atomic E-state index is 12.1. The van der Waals surface area contributed by atoms with E-state index < -0.39 is 17.9 Å². The Morgan fingerprint density at radius 3 is 2.60 bits per heavy atom. The Morgan fingerprint density at radius 2 is 2.04 bits per heavy atom. The number of hydrogen-bond acceptors (Lipinski definition) is 5. The van der Waals surface area contributed by atoms with E-state index in [1.165, 1.54) is 0 Å². The summed E-state index contributed by atoms with van der Waals surface area (Å²) in [6.07, 6.45) is 9.28. The van der Waals surface area contributed by atoms with E-state index in [0.717, 1.165) is 31.0 Å². The van der Waals surface area contributed by atoms with Gasteiger partial charge in [-0.25, -0.2) is 9.79 Å². The van der Waals surface area contributed by atoms with Gasteiger partial charge in [-0.1, -0.05) is 32.1 Å². The molecule has 1 heterocycles. The van der Waals surface area contributed by atoms with Crippen LogP contribution in [0.2, 0.25) is 0 Å². The molecule has 0 aromatic carbocycles. The van der Waals surface area contributed by atoms with Crippen molar-refractivity contribution >= 4 is 23.7 Å². The number of thioether (sulfide) groups is 1. The fraction of sp³-hybridized carbons (Fsp3) is 0.684. The summed E-state index contributed by atoms with van der Waals surface area (Å²) in [7, 11) is 0. The monoisotopic (exact) mass is 367 g/mol. The summed E-state index contributed by atoms with van der Waals surface area (Å²) < 4.78 is 5.36. The third kappa shape index (κ3) is 7.99. The van der Waals surface area contributed by atoms with Gasteiger partial charge in [-0.15, -0.1) is 11.8 Å². The zero-order chi connectivity index (χ0) is 18.9. The van der Waals surface area contributed by atoms with E-state index >= 15 is 0 Å². The van der Waals surface area contributed by atoms with Gasteiger partial charge in [0.15, 0.2) is 0 Å². The molecule has 1 rings (SSSR count). The van der Waals surface area contributed by atoms with Gasteiger partial charge < -0.3 is 9.64 Å². The Balaban J connectivity index is 2.98. The number of carbonyl (C=O) groups excluding carboxylic acids is 1. The lowest BCUT2D eigenvalue weighted by Gasteiger charge is -2.30. The smallest absolute Gasteiger partial charge is 0.409 e. The maximum atomic E-state index is 12.1. The van der Waals surface area contributed by atoms with Gasteiger partial charge in [0, 0.05) is 13.0 Å². The van der Waals surface area contributed by atoms with Crippen LogP contribution in [-0.2, 0) is 4.74 Å². The van der Waals surface area contributed by atoms with E-state index in [0.29, 0.717) is 0 Å². The van der Waals surface area contributed by atoms with Crippen LogP contribution in [0.15, 0.2) is 29.3 Å². The second-order valence-corrected chi connectivity index (χ2v) is 8.13. The fourth-order valence-corrected chi connectivity index (χ4v) is 3.44. The zero-order valence-corrected chi connectivity index (χ0v) is 17.2. The molecule has 0 bridgehead atoms. The molecule has 0 aromatic heterocycles. The van der Waals surface area contributed by atoms with Crippen LogP contribution in [0.5, 0.6) is 0 Å². The minimum absolute atomic E-state index is 0.231. The van der Waals surface area contributed by atoms with Gasteiger partial charge in [0.2, 0.25) is 0 Å². The van der Waals surface area contributed by atoms with E-state index in [4.69, 9.17) is 9.73 Å². The second-order valence-electron chi connectivity index (χ2n) is 6.74. The number of nitrogens with zero attached hydrogens (tertiary/aromatic N) is 2. The normalized spacial score (nSPS) is 21.2. The fourth-order valence-electron chi connectivity index (χ4n) is 2.44. The molecule has 0 fully saturated rings. The van der Waals surface area contributed by atoms with Gasteiger partial charge in [0.25, 0.3) is 0 Å². The van der Waals surface area contributed by atoms with E-state index in [1.54, 1.807) is 0 Å². The summed E-state index contributed by atoms with van der Waals surface area (Å²) in [5.74, 6) is 2.01. The Kier molecular flexibility index (Phi) is 9.11. The number of amidine groups is 1. The molecule has 1 amide bonds. The Hall–Kier alpha value is -1.43. The van der Waals surface area contributed by atoms with Gasteiger partial charge in [-0.2, -0.15) is 0 Å². The first kappa shape index (κ1) is 21.6. The minimum atomic E-state index is -0.523. The number of rotatable bonds is 7. The lowest BCUT2D eigenvalue weighted by atomic mass is 10.2.